The minimum atomic E-state index is -1.10. The normalized spacial score (nSPS) is 16.9. The summed E-state index contributed by atoms with van der Waals surface area (Å²) in [6, 6.07) is 8.11. The van der Waals surface area contributed by atoms with E-state index in [1.807, 2.05) is 12.1 Å². The molecule has 0 bridgehead atoms. The summed E-state index contributed by atoms with van der Waals surface area (Å²) in [6.45, 7) is 0. The molecule has 0 fully saturated rings. The van der Waals surface area contributed by atoms with E-state index in [2.05, 4.69) is 15.0 Å². The molecule has 104 valence electrons. The largest absolute Gasteiger partial charge is 0.365 e. The lowest BCUT2D eigenvalue weighted by Crippen LogP contribution is -2.07. The summed E-state index contributed by atoms with van der Waals surface area (Å²) in [6.07, 6.45) is 3.96. The van der Waals surface area contributed by atoms with Crippen molar-refractivity contribution in [2.24, 2.45) is 4.99 Å². The molecule has 1 aromatic carbocycles. The average molecular weight is 282 g/mol. The van der Waals surface area contributed by atoms with Gasteiger partial charge < -0.3 is 10.1 Å². The van der Waals surface area contributed by atoms with Crippen LogP contribution in [0.5, 0.6) is 0 Å². The first-order valence-electron chi connectivity index (χ1n) is 6.47. The average Bonchev–Trinajstić information content (AvgIpc) is 3.14. The zero-order valence-electron chi connectivity index (χ0n) is 10.9. The van der Waals surface area contributed by atoms with E-state index in [1.54, 1.807) is 29.2 Å². The van der Waals surface area contributed by atoms with E-state index in [4.69, 9.17) is 0 Å². The highest BCUT2D eigenvalue weighted by molar-refractivity contribution is 6.14. The third kappa shape index (κ3) is 1.80. The number of hydrogen-bond donors (Lipinski definition) is 2. The molecular weight excluding hydrogens is 271 g/mol. The van der Waals surface area contributed by atoms with Crippen LogP contribution < -0.4 is 0 Å². The molecule has 1 atom stereocenters. The number of halogens is 1. The van der Waals surface area contributed by atoms with Crippen LogP contribution in [0.2, 0.25) is 0 Å². The number of hydrogen-bond acceptors (Lipinski definition) is 3. The van der Waals surface area contributed by atoms with Gasteiger partial charge in [0, 0.05) is 24.2 Å². The zero-order chi connectivity index (χ0) is 14.4. The molecular formula is C15H11FN4O. The lowest BCUT2D eigenvalue weighted by molar-refractivity contribution is 0.177. The molecule has 0 radical (unpaired) electrons. The van der Waals surface area contributed by atoms with Crippen molar-refractivity contribution < 1.29 is 9.50 Å². The van der Waals surface area contributed by atoms with E-state index in [0.717, 1.165) is 5.69 Å². The van der Waals surface area contributed by atoms with E-state index < -0.39 is 6.23 Å². The molecule has 0 saturated carbocycles. The lowest BCUT2D eigenvalue weighted by Gasteiger charge is -2.10. The highest BCUT2D eigenvalue weighted by Gasteiger charge is 2.24. The number of H-pyrrole nitrogens is 1. The van der Waals surface area contributed by atoms with Crippen LogP contribution in [0.4, 0.5) is 4.39 Å². The van der Waals surface area contributed by atoms with Gasteiger partial charge in [-0.05, 0) is 30.3 Å². The van der Waals surface area contributed by atoms with Crippen LogP contribution in [0.15, 0.2) is 53.9 Å². The second-order valence-electron chi connectivity index (χ2n) is 4.75. The van der Waals surface area contributed by atoms with Crippen molar-refractivity contribution in [1.82, 2.24) is 14.5 Å². The van der Waals surface area contributed by atoms with Gasteiger partial charge in [-0.3, -0.25) is 4.57 Å². The van der Waals surface area contributed by atoms with Gasteiger partial charge >= 0.3 is 0 Å². The summed E-state index contributed by atoms with van der Waals surface area (Å²) >= 11 is 0. The van der Waals surface area contributed by atoms with Crippen LogP contribution in [0.1, 0.15) is 23.3 Å². The number of rotatable bonds is 1. The summed E-state index contributed by atoms with van der Waals surface area (Å²) in [5.41, 5.74) is 2.56. The SMILES string of the molecule is OC1N=C(c2ccc[nH]2)c2cc(F)ccc2-n2ccnc21. The maximum atomic E-state index is 13.7. The Morgan fingerprint density at radius 2 is 2.19 bits per heavy atom. The predicted octanol–water partition coefficient (Wildman–Crippen LogP) is 2.18. The maximum absolute atomic E-state index is 13.7. The highest BCUT2D eigenvalue weighted by atomic mass is 19.1. The molecule has 0 amide bonds. The summed E-state index contributed by atoms with van der Waals surface area (Å²) in [4.78, 5) is 11.5. The van der Waals surface area contributed by atoms with E-state index in [9.17, 15) is 9.50 Å². The van der Waals surface area contributed by atoms with Gasteiger partial charge in [0.15, 0.2) is 5.82 Å². The molecule has 2 aromatic heterocycles. The van der Waals surface area contributed by atoms with Crippen molar-refractivity contribution in [3.63, 3.8) is 0 Å². The molecule has 2 N–H and O–H groups in total. The van der Waals surface area contributed by atoms with Crippen molar-refractivity contribution in [3.05, 3.63) is 71.8 Å². The standard InChI is InChI=1S/C15H11FN4O/c16-9-3-4-12-10(8-9)13(11-2-1-5-17-11)19-15(21)14-18-6-7-20(12)14/h1-8,15,17,21H. The molecule has 3 aromatic rings. The van der Waals surface area contributed by atoms with E-state index >= 15 is 0 Å². The summed E-state index contributed by atoms with van der Waals surface area (Å²) in [7, 11) is 0. The number of nitrogens with zero attached hydrogens (tertiary/aromatic N) is 3. The molecule has 0 aliphatic carbocycles. The fourth-order valence-electron chi connectivity index (χ4n) is 2.56. The van der Waals surface area contributed by atoms with Gasteiger partial charge in [-0.25, -0.2) is 14.4 Å². The Morgan fingerprint density at radius 3 is 3.00 bits per heavy atom. The van der Waals surface area contributed by atoms with Crippen molar-refractivity contribution in [2.45, 2.75) is 6.23 Å². The Labute approximate surface area is 119 Å². The lowest BCUT2D eigenvalue weighted by atomic mass is 10.0. The predicted molar refractivity (Wildman–Crippen MR) is 74.9 cm³/mol. The Balaban J connectivity index is 2.05. The second kappa shape index (κ2) is 4.39. The van der Waals surface area contributed by atoms with E-state index in [0.29, 0.717) is 22.8 Å². The van der Waals surface area contributed by atoms with Crippen LogP contribution in [0.3, 0.4) is 0 Å². The number of aliphatic hydroxyl groups excluding tert-OH is 1. The van der Waals surface area contributed by atoms with Crippen LogP contribution in [-0.2, 0) is 0 Å². The summed E-state index contributed by atoms with van der Waals surface area (Å²) < 4.78 is 15.4. The van der Waals surface area contributed by atoms with Crippen molar-refractivity contribution in [3.8, 4) is 5.69 Å². The third-order valence-corrected chi connectivity index (χ3v) is 3.48. The van der Waals surface area contributed by atoms with Gasteiger partial charge in [0.2, 0.25) is 6.23 Å². The van der Waals surface area contributed by atoms with Gasteiger partial charge in [-0.1, -0.05) is 0 Å². The smallest absolute Gasteiger partial charge is 0.205 e. The molecule has 21 heavy (non-hydrogen) atoms. The van der Waals surface area contributed by atoms with Crippen molar-refractivity contribution in [2.75, 3.05) is 0 Å². The monoisotopic (exact) mass is 282 g/mol. The number of aromatic nitrogens is 3. The Morgan fingerprint density at radius 1 is 1.29 bits per heavy atom. The molecule has 1 aliphatic heterocycles. The van der Waals surface area contributed by atoms with Crippen molar-refractivity contribution in [1.29, 1.82) is 0 Å². The molecule has 3 heterocycles. The van der Waals surface area contributed by atoms with E-state index in [1.165, 1.54) is 12.1 Å². The molecule has 6 heteroatoms. The number of aliphatic hydroxyl groups is 1. The summed E-state index contributed by atoms with van der Waals surface area (Å²) in [5.74, 6) is 0.0514. The molecule has 4 rings (SSSR count). The molecule has 0 saturated heterocycles. The number of aromatic amines is 1. The van der Waals surface area contributed by atoms with Crippen LogP contribution in [0, 0.1) is 5.82 Å². The first kappa shape index (κ1) is 12.0. The van der Waals surface area contributed by atoms with Gasteiger partial charge in [-0.2, -0.15) is 0 Å². The van der Waals surface area contributed by atoms with Gasteiger partial charge in [0.05, 0.1) is 17.1 Å². The topological polar surface area (TPSA) is 66.2 Å². The number of imidazole rings is 1. The molecule has 1 aliphatic rings. The fraction of sp³-hybridized carbons (Fsp3) is 0.0667. The summed E-state index contributed by atoms with van der Waals surface area (Å²) in [5, 5.41) is 10.3. The minimum Gasteiger partial charge on any atom is -0.365 e. The first-order chi connectivity index (χ1) is 10.2. The van der Waals surface area contributed by atoms with Gasteiger partial charge in [-0.15, -0.1) is 0 Å². The van der Waals surface area contributed by atoms with Gasteiger partial charge in [0.25, 0.3) is 0 Å². The number of benzene rings is 1. The first-order valence-corrected chi connectivity index (χ1v) is 6.47. The van der Waals surface area contributed by atoms with Crippen LogP contribution in [0.25, 0.3) is 5.69 Å². The van der Waals surface area contributed by atoms with Crippen molar-refractivity contribution >= 4 is 5.71 Å². The number of fused-ring (bicyclic) bond motifs is 3. The molecule has 0 spiro atoms. The third-order valence-electron chi connectivity index (χ3n) is 3.48. The molecule has 1 unspecified atom stereocenters. The highest BCUT2D eigenvalue weighted by Crippen LogP contribution is 2.28. The van der Waals surface area contributed by atoms with E-state index in [-0.39, 0.29) is 5.82 Å². The second-order valence-corrected chi connectivity index (χ2v) is 4.75. The fourth-order valence-corrected chi connectivity index (χ4v) is 2.56. The molecule has 5 nitrogen and oxygen atoms in total. The quantitative estimate of drug-likeness (QED) is 0.718. The Bertz CT molecular complexity index is 835. The number of nitrogens with one attached hydrogen (secondary N) is 1. The zero-order valence-corrected chi connectivity index (χ0v) is 10.9. The van der Waals surface area contributed by atoms with Crippen LogP contribution >= 0.6 is 0 Å². The number of aliphatic imine (C=N–C) groups is 1. The Kier molecular flexibility index (Phi) is 2.52. The minimum absolute atomic E-state index is 0.355. The Hall–Kier alpha value is -2.73. The van der Waals surface area contributed by atoms with Gasteiger partial charge in [0.1, 0.15) is 5.82 Å². The van der Waals surface area contributed by atoms with Crippen LogP contribution in [-0.4, -0.2) is 25.4 Å². The maximum Gasteiger partial charge on any atom is 0.205 e.